The molecule has 2 heterocycles. The molecule has 0 aromatic heterocycles. The van der Waals surface area contributed by atoms with Gasteiger partial charge in [0.1, 0.15) is 13.2 Å². The monoisotopic (exact) mass is 1260 g/mol. The average Bonchev–Trinajstić information content (AvgIpc) is 3.56. The van der Waals surface area contributed by atoms with E-state index >= 15 is 0 Å². The summed E-state index contributed by atoms with van der Waals surface area (Å²) in [6, 6.07) is 15.4. The first kappa shape index (κ1) is 76.5. The number of benzene rings is 2. The molecule has 0 atom stereocenters. The Kier molecular flexibility index (Phi) is 45.8. The molecule has 2 aromatic rings. The van der Waals surface area contributed by atoms with Crippen LogP contribution in [0.5, 0.6) is 0 Å². The summed E-state index contributed by atoms with van der Waals surface area (Å²) in [6.07, 6.45) is 45.5. The minimum atomic E-state index is -0.420. The second-order valence-corrected chi connectivity index (χ2v) is 27.0. The van der Waals surface area contributed by atoms with Crippen molar-refractivity contribution in [3.05, 3.63) is 107 Å². The molecule has 0 unspecified atom stereocenters. The van der Waals surface area contributed by atoms with Gasteiger partial charge in [-0.2, -0.15) is 0 Å². The number of nitrogens with zero attached hydrogens (tertiary/aromatic N) is 2. The maximum Gasteiger partial charge on any atom is 0.310 e. The van der Waals surface area contributed by atoms with Gasteiger partial charge in [0, 0.05) is 50.7 Å². The molecule has 0 spiro atoms. The van der Waals surface area contributed by atoms with Gasteiger partial charge in [-0.1, -0.05) is 179 Å². The van der Waals surface area contributed by atoms with Gasteiger partial charge < -0.3 is 38.2 Å². The summed E-state index contributed by atoms with van der Waals surface area (Å²) in [5, 5.41) is 0. The molecule has 0 amide bonds. The molecule has 2 aliphatic heterocycles. The summed E-state index contributed by atoms with van der Waals surface area (Å²) in [6.45, 7) is 15.8. The van der Waals surface area contributed by atoms with Gasteiger partial charge in [0.05, 0.1) is 32.5 Å². The molecule has 0 saturated carbocycles. The number of ether oxygens (including phenoxy) is 6. The van der Waals surface area contributed by atoms with Gasteiger partial charge >= 0.3 is 23.9 Å². The third-order valence-corrected chi connectivity index (χ3v) is 19.1. The van der Waals surface area contributed by atoms with Crippen molar-refractivity contribution in [2.45, 2.75) is 246 Å². The number of esters is 4. The lowest BCUT2D eigenvalue weighted by molar-refractivity contribution is -0.160. The largest absolute Gasteiger partial charge is 0.465 e. The predicted octanol–water partition coefficient (Wildman–Crippen LogP) is 17.7. The standard InChI is InChI=1S/C74H118N2O10S2/c1-4-7-10-13-16-17-18-19-20-21-22-23-24-25-28-31-70(77)85-62-68-36-32-66(33-37-68)60-72(79)81-56-46-64-42-48-75(49-43-64)52-58-87-88-59-53-76-50-44-65(45-51-76)47-57-82-73(80)61-67-34-38-69(39-35-67)63-86-71(78)40-41-74(83-54-29-26-14-11-8-5-2)84-55-30-27-15-12-9-6-3/h8-9,11-12,19-20,32-39,64-65,74H,4-7,10,13-18,21-31,40-63H2,1-3H3/b11-8-,12-9-,20-19-. The third-order valence-electron chi connectivity index (χ3n) is 16.8. The molecule has 2 saturated heterocycles. The van der Waals surface area contributed by atoms with Crippen molar-refractivity contribution in [3.63, 3.8) is 0 Å². The molecule has 2 fully saturated rings. The average molecular weight is 1260 g/mol. The van der Waals surface area contributed by atoms with Crippen molar-refractivity contribution in [1.29, 1.82) is 0 Å². The van der Waals surface area contributed by atoms with Crippen LogP contribution in [0, 0.1) is 11.8 Å². The van der Waals surface area contributed by atoms with Crippen molar-refractivity contribution in [2.24, 2.45) is 11.8 Å². The Hall–Kier alpha value is -3.92. The van der Waals surface area contributed by atoms with E-state index in [2.05, 4.69) is 67.0 Å². The van der Waals surface area contributed by atoms with Gasteiger partial charge in [-0.15, -0.1) is 0 Å². The maximum absolute atomic E-state index is 12.7. The number of carbonyl (C=O) groups is 4. The van der Waals surface area contributed by atoms with Crippen LogP contribution in [-0.4, -0.2) is 117 Å². The molecular formula is C74H118N2O10S2. The number of rotatable bonds is 53. The molecule has 0 bridgehead atoms. The molecule has 2 aromatic carbocycles. The summed E-state index contributed by atoms with van der Waals surface area (Å²) in [5.41, 5.74) is 3.59. The van der Waals surface area contributed by atoms with Crippen LogP contribution in [0.25, 0.3) is 0 Å². The van der Waals surface area contributed by atoms with Crippen molar-refractivity contribution >= 4 is 45.5 Å². The molecule has 0 N–H and O–H groups in total. The minimum absolute atomic E-state index is 0.141. The van der Waals surface area contributed by atoms with E-state index in [1.54, 1.807) is 0 Å². The Bertz CT molecular complexity index is 2130. The number of unbranched alkanes of at least 4 members (excludes halogenated alkanes) is 15. The zero-order valence-corrected chi connectivity index (χ0v) is 56.8. The lowest BCUT2D eigenvalue weighted by Gasteiger charge is -2.32. The highest BCUT2D eigenvalue weighted by molar-refractivity contribution is 8.76. The molecule has 12 nitrogen and oxygen atoms in total. The van der Waals surface area contributed by atoms with Crippen LogP contribution in [0.1, 0.15) is 236 Å². The SMILES string of the molecule is CC/C=C\CCCCOC(CCC(=O)OCc1ccc(CC(=O)OCCC2CCN(CCSSCCN3CCC(CCOC(=O)Cc4ccc(COC(=O)CCCCCCC/C=C\CCCCCCCC)cc4)CC3)CC2)cc1)OCCCC/C=C\CC. The van der Waals surface area contributed by atoms with Gasteiger partial charge in [0.15, 0.2) is 6.29 Å². The normalized spacial score (nSPS) is 14.7. The second-order valence-electron chi connectivity index (χ2n) is 24.3. The number of hydrogen-bond acceptors (Lipinski definition) is 14. The molecule has 0 aliphatic carbocycles. The third kappa shape index (κ3) is 40.7. The van der Waals surface area contributed by atoms with Gasteiger partial charge in [-0.05, 0) is 182 Å². The second kappa shape index (κ2) is 52.7. The number of carbonyl (C=O) groups excluding carboxylic acids is 4. The molecule has 0 radical (unpaired) electrons. The first-order chi connectivity index (χ1) is 43.2. The maximum atomic E-state index is 12.7. The van der Waals surface area contributed by atoms with E-state index in [-0.39, 0.29) is 56.4 Å². The van der Waals surface area contributed by atoms with E-state index in [1.165, 1.54) is 64.2 Å². The van der Waals surface area contributed by atoms with Crippen LogP contribution in [0.4, 0.5) is 0 Å². The lowest BCUT2D eigenvalue weighted by Crippen LogP contribution is -2.36. The summed E-state index contributed by atoms with van der Waals surface area (Å²) in [4.78, 5) is 55.6. The van der Waals surface area contributed by atoms with E-state index in [0.29, 0.717) is 51.1 Å². The number of likely N-dealkylation sites (tertiary alicyclic amines) is 2. The highest BCUT2D eigenvalue weighted by Gasteiger charge is 2.22. The zero-order valence-electron chi connectivity index (χ0n) is 55.1. The van der Waals surface area contributed by atoms with Crippen LogP contribution < -0.4 is 0 Å². The van der Waals surface area contributed by atoms with Crippen molar-refractivity contribution < 1.29 is 47.6 Å². The van der Waals surface area contributed by atoms with Crippen LogP contribution in [0.15, 0.2) is 85.0 Å². The van der Waals surface area contributed by atoms with Crippen LogP contribution in [-0.2, 0) is 73.7 Å². The fourth-order valence-electron chi connectivity index (χ4n) is 11.1. The minimum Gasteiger partial charge on any atom is -0.465 e. The zero-order chi connectivity index (χ0) is 62.6. The summed E-state index contributed by atoms with van der Waals surface area (Å²) in [7, 11) is 3.98. The molecule has 14 heteroatoms. The summed E-state index contributed by atoms with van der Waals surface area (Å²) < 4.78 is 34.6. The summed E-state index contributed by atoms with van der Waals surface area (Å²) in [5.74, 6) is 2.62. The highest BCUT2D eigenvalue weighted by Crippen LogP contribution is 2.26. The molecule has 2 aliphatic rings. The Morgan fingerprint density at radius 2 is 0.830 bits per heavy atom. The van der Waals surface area contributed by atoms with Crippen LogP contribution in [0.3, 0.4) is 0 Å². The number of piperidine rings is 2. The van der Waals surface area contributed by atoms with E-state index in [1.807, 2.05) is 70.1 Å². The van der Waals surface area contributed by atoms with Crippen LogP contribution in [0.2, 0.25) is 0 Å². The fraction of sp³-hybridized carbons (Fsp3) is 0.703. The van der Waals surface area contributed by atoms with E-state index < -0.39 is 6.29 Å². The quantitative estimate of drug-likeness (QED) is 0.0155. The van der Waals surface area contributed by atoms with Crippen LogP contribution >= 0.6 is 21.6 Å². The first-order valence-corrected chi connectivity index (χ1v) is 37.4. The van der Waals surface area contributed by atoms with Crippen molar-refractivity contribution in [3.8, 4) is 0 Å². The first-order valence-electron chi connectivity index (χ1n) is 34.9. The van der Waals surface area contributed by atoms with E-state index in [9.17, 15) is 19.2 Å². The smallest absolute Gasteiger partial charge is 0.310 e. The van der Waals surface area contributed by atoms with Crippen molar-refractivity contribution in [1.82, 2.24) is 9.80 Å². The number of hydrogen-bond donors (Lipinski definition) is 0. The van der Waals surface area contributed by atoms with E-state index in [4.69, 9.17) is 28.4 Å². The van der Waals surface area contributed by atoms with Gasteiger partial charge in [-0.3, -0.25) is 19.2 Å². The topological polar surface area (TPSA) is 130 Å². The predicted molar refractivity (Wildman–Crippen MR) is 365 cm³/mol. The molecular weight excluding hydrogens is 1140 g/mol. The fourth-order valence-corrected chi connectivity index (χ4v) is 13.1. The number of allylic oxidation sites excluding steroid dienone is 6. The Morgan fingerprint density at radius 1 is 0.443 bits per heavy atom. The summed E-state index contributed by atoms with van der Waals surface area (Å²) >= 11 is 0. The molecule has 88 heavy (non-hydrogen) atoms. The Morgan fingerprint density at radius 3 is 1.27 bits per heavy atom. The van der Waals surface area contributed by atoms with Gasteiger partial charge in [0.25, 0.3) is 0 Å². The Labute approximate surface area is 542 Å². The van der Waals surface area contributed by atoms with Gasteiger partial charge in [-0.25, -0.2) is 0 Å². The van der Waals surface area contributed by atoms with Crippen molar-refractivity contribution in [2.75, 3.05) is 77.2 Å². The molecule has 4 rings (SSSR count). The Balaban J connectivity index is 0.919. The van der Waals surface area contributed by atoms with Gasteiger partial charge in [0.2, 0.25) is 0 Å². The molecule has 496 valence electrons. The van der Waals surface area contributed by atoms with E-state index in [0.717, 1.165) is 182 Å². The highest BCUT2D eigenvalue weighted by atomic mass is 33.1. The lowest BCUT2D eigenvalue weighted by atomic mass is 9.94.